The summed E-state index contributed by atoms with van der Waals surface area (Å²) < 4.78 is 1.35. The highest BCUT2D eigenvalue weighted by Gasteiger charge is 2.29. The van der Waals surface area contributed by atoms with Crippen LogP contribution in [0.1, 0.15) is 10.5 Å². The van der Waals surface area contributed by atoms with E-state index in [-0.39, 0.29) is 18.1 Å². The second-order valence-corrected chi connectivity index (χ2v) is 3.38. The molecule has 1 aliphatic heterocycles. The van der Waals surface area contributed by atoms with Gasteiger partial charge in [-0.2, -0.15) is 5.10 Å². The van der Waals surface area contributed by atoms with Gasteiger partial charge in [-0.1, -0.05) is 0 Å². The molecule has 1 aromatic heterocycles. The number of carboxylic acids is 1. The fraction of sp³-hybridized carbons (Fsp3) is 0.375. The van der Waals surface area contributed by atoms with Crippen LogP contribution in [0.2, 0.25) is 0 Å². The first-order valence-electron chi connectivity index (χ1n) is 4.32. The van der Waals surface area contributed by atoms with Gasteiger partial charge in [-0.15, -0.1) is 0 Å². The number of carbonyl (C=O) groups is 2. The highest BCUT2D eigenvalue weighted by molar-refractivity contribution is 6.05. The zero-order chi connectivity index (χ0) is 11.2. The summed E-state index contributed by atoms with van der Waals surface area (Å²) in [5.74, 6) is -0.856. The Balaban J connectivity index is 2.61. The first-order chi connectivity index (χ1) is 7.00. The van der Waals surface area contributed by atoms with Gasteiger partial charge in [0, 0.05) is 14.1 Å². The largest absolute Gasteiger partial charge is 0.476 e. The Bertz CT molecular complexity index is 451. The predicted octanol–water partition coefficient (Wildman–Crippen LogP) is -0.493. The van der Waals surface area contributed by atoms with E-state index in [1.807, 2.05) is 0 Å². The summed E-state index contributed by atoms with van der Waals surface area (Å²) in [7, 11) is 3.25. The van der Waals surface area contributed by atoms with Crippen molar-refractivity contribution in [2.75, 3.05) is 23.8 Å². The van der Waals surface area contributed by atoms with Gasteiger partial charge in [0.05, 0.1) is 6.54 Å². The molecule has 1 aromatic rings. The van der Waals surface area contributed by atoms with Gasteiger partial charge in [0.1, 0.15) is 5.69 Å². The van der Waals surface area contributed by atoms with E-state index in [4.69, 9.17) is 5.11 Å². The van der Waals surface area contributed by atoms with Gasteiger partial charge < -0.3 is 15.3 Å². The van der Waals surface area contributed by atoms with Crippen LogP contribution in [0.25, 0.3) is 0 Å². The molecule has 1 amide bonds. The fourth-order valence-corrected chi connectivity index (χ4v) is 1.62. The van der Waals surface area contributed by atoms with E-state index in [0.29, 0.717) is 11.5 Å². The first-order valence-corrected chi connectivity index (χ1v) is 4.32. The Morgan fingerprint density at radius 3 is 2.80 bits per heavy atom. The lowest BCUT2D eigenvalue weighted by Crippen LogP contribution is -2.36. The highest BCUT2D eigenvalue weighted by Crippen LogP contribution is 2.31. The second kappa shape index (κ2) is 2.97. The Morgan fingerprint density at radius 2 is 2.20 bits per heavy atom. The number of amides is 1. The summed E-state index contributed by atoms with van der Waals surface area (Å²) in [6, 6.07) is 0. The van der Waals surface area contributed by atoms with E-state index in [1.54, 1.807) is 19.0 Å². The van der Waals surface area contributed by atoms with Crippen molar-refractivity contribution in [1.82, 2.24) is 9.78 Å². The molecule has 2 rings (SSSR count). The van der Waals surface area contributed by atoms with Gasteiger partial charge in [-0.05, 0) is 0 Å². The number of likely N-dealkylation sites (N-methyl/N-ethyl adjacent to an activating group) is 1. The molecule has 80 valence electrons. The standard InChI is InChI=1S/C8H10N4O3/c1-11-3-4(13)9-7-6(11)5(8(14)15)10-12(7)2/h3H2,1-2H3,(H,9,13)(H,14,15). The summed E-state index contributed by atoms with van der Waals surface area (Å²) in [6.07, 6.45) is 0. The third-order valence-corrected chi connectivity index (χ3v) is 2.25. The van der Waals surface area contributed by atoms with E-state index in [9.17, 15) is 9.59 Å². The number of nitrogens with zero attached hydrogens (tertiary/aromatic N) is 3. The molecule has 7 heteroatoms. The molecule has 1 aliphatic rings. The number of carbonyl (C=O) groups excluding carboxylic acids is 1. The van der Waals surface area contributed by atoms with Crippen LogP contribution in [0, 0.1) is 0 Å². The fourth-order valence-electron chi connectivity index (χ4n) is 1.62. The van der Waals surface area contributed by atoms with E-state index in [2.05, 4.69) is 10.4 Å². The van der Waals surface area contributed by atoms with Gasteiger partial charge in [-0.3, -0.25) is 4.79 Å². The second-order valence-electron chi connectivity index (χ2n) is 3.38. The van der Waals surface area contributed by atoms with Crippen molar-refractivity contribution in [3.8, 4) is 0 Å². The van der Waals surface area contributed by atoms with Crippen molar-refractivity contribution in [2.45, 2.75) is 0 Å². The molecular formula is C8H10N4O3. The lowest BCUT2D eigenvalue weighted by molar-refractivity contribution is -0.115. The number of aromatic carboxylic acids is 1. The number of aryl methyl sites for hydroxylation is 1. The molecule has 0 spiro atoms. The topological polar surface area (TPSA) is 87.5 Å². The molecule has 0 unspecified atom stereocenters. The molecule has 0 aromatic carbocycles. The minimum absolute atomic E-state index is 0.0463. The maximum Gasteiger partial charge on any atom is 0.358 e. The lowest BCUT2D eigenvalue weighted by atomic mass is 10.2. The Labute approximate surface area is 85.3 Å². The number of carboxylic acid groups (broad SMARTS) is 1. The van der Waals surface area contributed by atoms with Gasteiger partial charge in [0.25, 0.3) is 0 Å². The van der Waals surface area contributed by atoms with Crippen molar-refractivity contribution in [3.63, 3.8) is 0 Å². The van der Waals surface area contributed by atoms with Crippen molar-refractivity contribution < 1.29 is 14.7 Å². The number of hydrogen-bond donors (Lipinski definition) is 2. The van der Waals surface area contributed by atoms with Crippen molar-refractivity contribution in [3.05, 3.63) is 5.69 Å². The zero-order valence-electron chi connectivity index (χ0n) is 8.31. The van der Waals surface area contributed by atoms with E-state index >= 15 is 0 Å². The number of anilines is 2. The van der Waals surface area contributed by atoms with E-state index < -0.39 is 5.97 Å². The van der Waals surface area contributed by atoms with Crippen LogP contribution >= 0.6 is 0 Å². The number of nitrogens with one attached hydrogen (secondary N) is 1. The normalized spacial score (nSPS) is 14.8. The number of aromatic nitrogens is 2. The molecule has 0 atom stereocenters. The summed E-state index contributed by atoms with van der Waals surface area (Å²) in [4.78, 5) is 23.7. The van der Waals surface area contributed by atoms with Crippen LogP contribution < -0.4 is 10.2 Å². The van der Waals surface area contributed by atoms with Crippen LogP contribution in [-0.4, -0.2) is 40.4 Å². The average Bonchev–Trinajstić information content (AvgIpc) is 2.44. The monoisotopic (exact) mass is 210 g/mol. The molecule has 0 fully saturated rings. The minimum Gasteiger partial charge on any atom is -0.476 e. The molecule has 7 nitrogen and oxygen atoms in total. The predicted molar refractivity (Wildman–Crippen MR) is 52.1 cm³/mol. The van der Waals surface area contributed by atoms with Gasteiger partial charge in [-0.25, -0.2) is 9.48 Å². The Kier molecular flexibility index (Phi) is 1.88. The summed E-state index contributed by atoms with van der Waals surface area (Å²) >= 11 is 0. The molecule has 2 N–H and O–H groups in total. The Hall–Kier alpha value is -2.05. The van der Waals surface area contributed by atoms with Crippen molar-refractivity contribution in [1.29, 1.82) is 0 Å². The van der Waals surface area contributed by atoms with Crippen LogP contribution in [0.3, 0.4) is 0 Å². The third-order valence-electron chi connectivity index (χ3n) is 2.25. The molecule has 0 radical (unpaired) electrons. The maximum absolute atomic E-state index is 11.2. The Morgan fingerprint density at radius 1 is 1.53 bits per heavy atom. The maximum atomic E-state index is 11.2. The van der Waals surface area contributed by atoms with Gasteiger partial charge in [0.15, 0.2) is 11.5 Å². The van der Waals surface area contributed by atoms with Crippen molar-refractivity contribution >= 4 is 23.4 Å². The summed E-state index contributed by atoms with van der Waals surface area (Å²) in [5.41, 5.74) is 0.402. The molecule has 0 bridgehead atoms. The number of rotatable bonds is 1. The molecule has 0 saturated carbocycles. The molecule has 0 aliphatic carbocycles. The molecular weight excluding hydrogens is 200 g/mol. The van der Waals surface area contributed by atoms with E-state index in [1.165, 1.54) is 4.68 Å². The summed E-state index contributed by atoms with van der Waals surface area (Å²) in [6.45, 7) is 0.138. The third kappa shape index (κ3) is 1.32. The molecule has 15 heavy (non-hydrogen) atoms. The minimum atomic E-state index is -1.10. The SMILES string of the molecule is CN1CC(=O)Nc2c1c(C(=O)O)nn2C. The van der Waals surface area contributed by atoms with Gasteiger partial charge in [0.2, 0.25) is 5.91 Å². The average molecular weight is 210 g/mol. The quantitative estimate of drug-likeness (QED) is 0.652. The lowest BCUT2D eigenvalue weighted by Gasteiger charge is -2.24. The molecule has 0 saturated heterocycles. The first kappa shape index (κ1) is 9.50. The van der Waals surface area contributed by atoms with Crippen LogP contribution in [0.15, 0.2) is 0 Å². The van der Waals surface area contributed by atoms with Crippen molar-refractivity contribution in [2.24, 2.45) is 7.05 Å². The summed E-state index contributed by atoms with van der Waals surface area (Å²) in [5, 5.41) is 15.4. The highest BCUT2D eigenvalue weighted by atomic mass is 16.4. The zero-order valence-corrected chi connectivity index (χ0v) is 8.31. The van der Waals surface area contributed by atoms with Gasteiger partial charge >= 0.3 is 5.97 Å². The smallest absolute Gasteiger partial charge is 0.358 e. The van der Waals surface area contributed by atoms with E-state index in [0.717, 1.165) is 0 Å². The molecule has 2 heterocycles. The number of fused-ring (bicyclic) bond motifs is 1. The van der Waals surface area contributed by atoms with Crippen LogP contribution in [0.5, 0.6) is 0 Å². The van der Waals surface area contributed by atoms with Crippen LogP contribution in [0.4, 0.5) is 11.5 Å². The van der Waals surface area contributed by atoms with Crippen LogP contribution in [-0.2, 0) is 11.8 Å². The number of hydrogen-bond acceptors (Lipinski definition) is 4.